The number of aryl methyl sites for hydroxylation is 1. The average Bonchev–Trinajstić information content (AvgIpc) is 2.72. The first-order valence-corrected chi connectivity index (χ1v) is 9.11. The van der Waals surface area contributed by atoms with Crippen molar-refractivity contribution < 1.29 is 9.53 Å². The number of nitrogens with zero attached hydrogens (tertiary/aromatic N) is 2. The summed E-state index contributed by atoms with van der Waals surface area (Å²) in [5.41, 5.74) is 2.96. The number of pyridine rings is 1. The Morgan fingerprint density at radius 3 is 2.64 bits per heavy atom. The number of benzene rings is 2. The van der Waals surface area contributed by atoms with Gasteiger partial charge < -0.3 is 10.1 Å². The summed E-state index contributed by atoms with van der Waals surface area (Å²) < 4.78 is 5.73. The number of hydrogen-bond donors (Lipinski definition) is 1. The number of amides is 1. The second kappa shape index (κ2) is 8.83. The normalized spacial score (nSPS) is 11.3. The van der Waals surface area contributed by atoms with E-state index in [2.05, 4.69) is 16.4 Å². The molecule has 0 spiro atoms. The maximum atomic E-state index is 12.8. The fourth-order valence-corrected chi connectivity index (χ4v) is 2.99. The van der Waals surface area contributed by atoms with Crippen molar-refractivity contribution in [3.05, 3.63) is 83.6 Å². The largest absolute Gasteiger partial charge is 0.438 e. The molecule has 0 fully saturated rings. The van der Waals surface area contributed by atoms with Gasteiger partial charge in [-0.15, -0.1) is 0 Å². The van der Waals surface area contributed by atoms with Gasteiger partial charge in [-0.2, -0.15) is 5.26 Å². The maximum Gasteiger partial charge on any atom is 0.237 e. The van der Waals surface area contributed by atoms with Crippen molar-refractivity contribution in [2.45, 2.75) is 26.2 Å². The van der Waals surface area contributed by atoms with E-state index >= 15 is 0 Å². The number of carbonyl (C=O) groups is 1. The summed E-state index contributed by atoms with van der Waals surface area (Å²) in [7, 11) is 0. The van der Waals surface area contributed by atoms with Crippen molar-refractivity contribution in [3.8, 4) is 17.7 Å². The van der Waals surface area contributed by atoms with Gasteiger partial charge in [0.05, 0.1) is 5.92 Å². The molecule has 0 bridgehead atoms. The molecule has 1 atom stereocenters. The Morgan fingerprint density at radius 1 is 1.18 bits per heavy atom. The van der Waals surface area contributed by atoms with Crippen molar-refractivity contribution in [2.24, 2.45) is 0 Å². The molecule has 0 aliphatic carbocycles. The highest BCUT2D eigenvalue weighted by atomic mass is 16.5. The maximum absolute atomic E-state index is 12.8. The number of ether oxygens (including phenoxy) is 1. The topological polar surface area (TPSA) is 75.0 Å². The van der Waals surface area contributed by atoms with E-state index in [9.17, 15) is 4.79 Å². The molecule has 3 aromatic rings. The van der Waals surface area contributed by atoms with E-state index in [4.69, 9.17) is 10.00 Å². The van der Waals surface area contributed by atoms with Crippen LogP contribution in [0.4, 0.5) is 5.69 Å². The molecule has 0 radical (unpaired) electrons. The molecule has 1 heterocycles. The van der Waals surface area contributed by atoms with Gasteiger partial charge in [-0.25, -0.2) is 4.98 Å². The lowest BCUT2D eigenvalue weighted by molar-refractivity contribution is -0.117. The molecule has 1 amide bonds. The van der Waals surface area contributed by atoms with Crippen LogP contribution in [0.15, 0.2) is 66.9 Å². The van der Waals surface area contributed by atoms with Crippen LogP contribution in [0.2, 0.25) is 0 Å². The Balaban J connectivity index is 1.75. The van der Waals surface area contributed by atoms with Crippen LogP contribution in [0.3, 0.4) is 0 Å². The van der Waals surface area contributed by atoms with Crippen molar-refractivity contribution >= 4 is 11.6 Å². The van der Waals surface area contributed by atoms with Crippen molar-refractivity contribution in [2.75, 3.05) is 5.32 Å². The molecule has 0 saturated carbocycles. The monoisotopic (exact) mass is 371 g/mol. The molecule has 28 heavy (non-hydrogen) atoms. The van der Waals surface area contributed by atoms with Crippen LogP contribution in [-0.2, 0) is 4.79 Å². The van der Waals surface area contributed by atoms with E-state index in [1.807, 2.05) is 50.2 Å². The average molecular weight is 371 g/mol. The van der Waals surface area contributed by atoms with E-state index in [-0.39, 0.29) is 17.7 Å². The third-order valence-corrected chi connectivity index (χ3v) is 4.49. The van der Waals surface area contributed by atoms with Gasteiger partial charge in [-0.3, -0.25) is 4.79 Å². The van der Waals surface area contributed by atoms with Gasteiger partial charge in [-0.1, -0.05) is 37.3 Å². The van der Waals surface area contributed by atoms with Crippen LogP contribution in [0.5, 0.6) is 11.6 Å². The molecule has 1 unspecified atom stereocenters. The summed E-state index contributed by atoms with van der Waals surface area (Å²) in [6, 6.07) is 20.5. The molecule has 5 nitrogen and oxygen atoms in total. The molecule has 5 heteroatoms. The molecular weight excluding hydrogens is 350 g/mol. The van der Waals surface area contributed by atoms with Crippen molar-refractivity contribution in [1.29, 1.82) is 5.26 Å². The highest BCUT2D eigenvalue weighted by molar-refractivity contribution is 5.96. The quantitative estimate of drug-likeness (QED) is 0.647. The van der Waals surface area contributed by atoms with E-state index < -0.39 is 0 Å². The number of hydrogen-bond acceptors (Lipinski definition) is 4. The van der Waals surface area contributed by atoms with Gasteiger partial charge in [-0.05, 0) is 54.8 Å². The first kappa shape index (κ1) is 19.1. The number of nitriles is 1. The SMILES string of the molecule is CCC(C(=O)Nc1ccc(Oc2ncccc2C#N)cc1C)c1ccccc1. The number of anilines is 1. The Kier molecular flexibility index (Phi) is 6.03. The molecular formula is C23H21N3O2. The Labute approximate surface area is 164 Å². The third-order valence-electron chi connectivity index (χ3n) is 4.49. The van der Waals surface area contributed by atoms with Crippen LogP contribution in [0.25, 0.3) is 0 Å². The smallest absolute Gasteiger partial charge is 0.237 e. The predicted molar refractivity (Wildman–Crippen MR) is 108 cm³/mol. The van der Waals surface area contributed by atoms with Crippen molar-refractivity contribution in [1.82, 2.24) is 4.98 Å². The Morgan fingerprint density at radius 2 is 1.96 bits per heavy atom. The highest BCUT2D eigenvalue weighted by Crippen LogP contribution is 2.28. The van der Waals surface area contributed by atoms with Gasteiger partial charge in [0.1, 0.15) is 17.4 Å². The molecule has 1 aromatic heterocycles. The first-order valence-electron chi connectivity index (χ1n) is 9.11. The second-order valence-electron chi connectivity index (χ2n) is 6.41. The highest BCUT2D eigenvalue weighted by Gasteiger charge is 2.19. The zero-order valence-electron chi connectivity index (χ0n) is 15.8. The number of rotatable bonds is 6. The summed E-state index contributed by atoms with van der Waals surface area (Å²) in [6.07, 6.45) is 2.29. The molecule has 2 aromatic carbocycles. The van der Waals surface area contributed by atoms with Gasteiger partial charge in [0.2, 0.25) is 11.8 Å². The third kappa shape index (κ3) is 4.36. The lowest BCUT2D eigenvalue weighted by Gasteiger charge is -2.17. The van der Waals surface area contributed by atoms with Gasteiger partial charge in [0.25, 0.3) is 0 Å². The van der Waals surface area contributed by atoms with Gasteiger partial charge in [0, 0.05) is 11.9 Å². The van der Waals surface area contributed by atoms with E-state index in [0.717, 1.165) is 16.8 Å². The van der Waals surface area contributed by atoms with E-state index in [1.165, 1.54) is 0 Å². The van der Waals surface area contributed by atoms with Crippen molar-refractivity contribution in [3.63, 3.8) is 0 Å². The van der Waals surface area contributed by atoms with Crippen LogP contribution < -0.4 is 10.1 Å². The predicted octanol–water partition coefficient (Wildman–Crippen LogP) is 5.19. The van der Waals surface area contributed by atoms with E-state index in [1.54, 1.807) is 30.5 Å². The molecule has 0 saturated heterocycles. The zero-order chi connectivity index (χ0) is 19.9. The summed E-state index contributed by atoms with van der Waals surface area (Å²) in [6.45, 7) is 3.90. The Hall–Kier alpha value is -3.65. The lowest BCUT2D eigenvalue weighted by Crippen LogP contribution is -2.21. The summed E-state index contributed by atoms with van der Waals surface area (Å²) in [5, 5.41) is 12.2. The summed E-state index contributed by atoms with van der Waals surface area (Å²) in [4.78, 5) is 16.9. The number of nitrogens with one attached hydrogen (secondary N) is 1. The first-order chi connectivity index (χ1) is 13.6. The fraction of sp³-hybridized carbons (Fsp3) is 0.174. The summed E-state index contributed by atoms with van der Waals surface area (Å²) >= 11 is 0. The minimum Gasteiger partial charge on any atom is -0.438 e. The molecule has 3 rings (SSSR count). The number of aromatic nitrogens is 1. The molecule has 1 N–H and O–H groups in total. The standard InChI is InChI=1S/C23H21N3O2/c1-3-20(17-8-5-4-6-9-17)22(27)26-21-12-11-19(14-16(21)2)28-23-18(15-24)10-7-13-25-23/h4-14,20H,3H2,1-2H3,(H,26,27). The van der Waals surface area contributed by atoms with E-state index in [0.29, 0.717) is 17.7 Å². The van der Waals surface area contributed by atoms with Crippen LogP contribution in [0, 0.1) is 18.3 Å². The Bertz CT molecular complexity index is 1010. The van der Waals surface area contributed by atoms with Crippen LogP contribution in [-0.4, -0.2) is 10.9 Å². The van der Waals surface area contributed by atoms with Crippen LogP contribution in [0.1, 0.15) is 36.0 Å². The molecule has 0 aliphatic rings. The second-order valence-corrected chi connectivity index (χ2v) is 6.41. The summed E-state index contributed by atoms with van der Waals surface area (Å²) in [5.74, 6) is 0.572. The minimum absolute atomic E-state index is 0.0399. The molecule has 140 valence electrons. The van der Waals surface area contributed by atoms with Gasteiger partial charge in [0.15, 0.2) is 0 Å². The lowest BCUT2D eigenvalue weighted by atomic mass is 9.95. The van der Waals surface area contributed by atoms with Gasteiger partial charge >= 0.3 is 0 Å². The fourth-order valence-electron chi connectivity index (χ4n) is 2.99. The minimum atomic E-state index is -0.205. The zero-order valence-corrected chi connectivity index (χ0v) is 15.8. The number of carbonyl (C=O) groups excluding carboxylic acids is 1. The van der Waals surface area contributed by atoms with Crippen LogP contribution >= 0.6 is 0 Å². The molecule has 0 aliphatic heterocycles.